The Morgan fingerprint density at radius 1 is 1.33 bits per heavy atom. The third-order valence-electron chi connectivity index (χ3n) is 4.30. The van der Waals surface area contributed by atoms with Crippen LogP contribution in [0.4, 0.5) is 5.69 Å². The molecule has 0 bridgehead atoms. The first-order valence-corrected chi connectivity index (χ1v) is 8.56. The summed E-state index contributed by atoms with van der Waals surface area (Å²) in [6.07, 6.45) is 5.61. The van der Waals surface area contributed by atoms with Crippen LogP contribution in [0.1, 0.15) is 24.2 Å². The second-order valence-corrected chi connectivity index (χ2v) is 6.39. The first-order valence-electron chi connectivity index (χ1n) is 8.18. The number of hydrogen-bond acceptors (Lipinski definition) is 5. The molecule has 0 aromatic carbocycles. The van der Waals surface area contributed by atoms with Gasteiger partial charge in [0.05, 0.1) is 0 Å². The molecular weight excluding hydrogens is 328 g/mol. The van der Waals surface area contributed by atoms with Crippen molar-refractivity contribution in [2.24, 2.45) is 0 Å². The molecule has 24 heavy (non-hydrogen) atoms. The number of halogens is 1. The molecule has 1 amide bonds. The third kappa shape index (κ3) is 4.06. The third-order valence-corrected chi connectivity index (χ3v) is 4.47. The Kier molecular flexibility index (Phi) is 5.35. The van der Waals surface area contributed by atoms with Crippen LogP contribution in [0.15, 0.2) is 29.0 Å². The van der Waals surface area contributed by atoms with E-state index in [-0.39, 0.29) is 5.91 Å². The van der Waals surface area contributed by atoms with Crippen molar-refractivity contribution in [1.29, 1.82) is 0 Å². The van der Waals surface area contributed by atoms with Crippen molar-refractivity contribution in [2.45, 2.75) is 26.2 Å². The van der Waals surface area contributed by atoms with Gasteiger partial charge >= 0.3 is 0 Å². The topological polar surface area (TPSA) is 62.5 Å². The summed E-state index contributed by atoms with van der Waals surface area (Å²) in [5.41, 5.74) is 2.37. The fraction of sp³-hybridized carbons (Fsp3) is 0.471. The molecule has 0 spiro atoms. The highest BCUT2D eigenvalue weighted by Crippen LogP contribution is 2.20. The molecule has 2 aromatic rings. The zero-order valence-electron chi connectivity index (χ0n) is 13.7. The van der Waals surface area contributed by atoms with E-state index in [1.165, 1.54) is 11.3 Å². The van der Waals surface area contributed by atoms with Gasteiger partial charge in [-0.15, -0.1) is 0 Å². The lowest BCUT2D eigenvalue weighted by molar-refractivity contribution is -0.131. The van der Waals surface area contributed by atoms with E-state index in [9.17, 15) is 4.79 Å². The number of amides is 1. The lowest BCUT2D eigenvalue weighted by Gasteiger charge is -2.25. The van der Waals surface area contributed by atoms with Gasteiger partial charge in [-0.25, -0.2) is 0 Å². The highest BCUT2D eigenvalue weighted by molar-refractivity contribution is 6.29. The monoisotopic (exact) mass is 348 g/mol. The van der Waals surface area contributed by atoms with E-state index in [1.54, 1.807) is 6.07 Å². The lowest BCUT2D eigenvalue weighted by Crippen LogP contribution is -2.35. The van der Waals surface area contributed by atoms with E-state index >= 15 is 0 Å². The van der Waals surface area contributed by atoms with Gasteiger partial charge < -0.3 is 14.3 Å². The maximum absolute atomic E-state index is 12.4. The van der Waals surface area contributed by atoms with E-state index < -0.39 is 0 Å². The number of nitrogens with zero attached hydrogens (tertiary/aromatic N) is 4. The fourth-order valence-electron chi connectivity index (χ4n) is 3.02. The smallest absolute Gasteiger partial charge is 0.223 e. The van der Waals surface area contributed by atoms with Crippen LogP contribution in [0.5, 0.6) is 0 Å². The Labute approximate surface area is 146 Å². The Balaban J connectivity index is 1.55. The van der Waals surface area contributed by atoms with Crippen molar-refractivity contribution in [3.63, 3.8) is 0 Å². The molecular formula is C17H21ClN4O2. The summed E-state index contributed by atoms with van der Waals surface area (Å²) in [5.74, 6) is 0.799. The van der Waals surface area contributed by atoms with Crippen LogP contribution in [0, 0.1) is 6.92 Å². The average Bonchev–Trinajstić information content (AvgIpc) is 2.84. The van der Waals surface area contributed by atoms with Crippen LogP contribution in [-0.2, 0) is 11.2 Å². The molecule has 1 aliphatic heterocycles. The van der Waals surface area contributed by atoms with E-state index in [0.29, 0.717) is 23.8 Å². The summed E-state index contributed by atoms with van der Waals surface area (Å²) in [6, 6.07) is 3.70. The summed E-state index contributed by atoms with van der Waals surface area (Å²) in [5, 5.41) is 3.96. The van der Waals surface area contributed by atoms with Gasteiger partial charge in [-0.3, -0.25) is 9.78 Å². The largest absolute Gasteiger partial charge is 0.369 e. The summed E-state index contributed by atoms with van der Waals surface area (Å²) in [7, 11) is 0. The van der Waals surface area contributed by atoms with Crippen LogP contribution < -0.4 is 4.90 Å². The van der Waals surface area contributed by atoms with E-state index in [2.05, 4.69) is 22.0 Å². The first kappa shape index (κ1) is 16.8. The predicted molar refractivity (Wildman–Crippen MR) is 92.2 cm³/mol. The molecule has 128 valence electrons. The first-order chi connectivity index (χ1) is 11.6. The van der Waals surface area contributed by atoms with Gasteiger partial charge in [0.25, 0.3) is 0 Å². The number of aromatic nitrogens is 2. The minimum atomic E-state index is 0.149. The van der Waals surface area contributed by atoms with Crippen molar-refractivity contribution in [3.05, 3.63) is 41.0 Å². The summed E-state index contributed by atoms with van der Waals surface area (Å²) >= 11 is 5.72. The highest BCUT2D eigenvalue weighted by atomic mass is 35.5. The quantitative estimate of drug-likeness (QED) is 0.850. The van der Waals surface area contributed by atoms with Crippen LogP contribution in [0.3, 0.4) is 0 Å². The number of rotatable bonds is 4. The van der Waals surface area contributed by atoms with Gasteiger partial charge in [0.15, 0.2) is 5.15 Å². The molecule has 0 unspecified atom stereocenters. The molecule has 3 rings (SSSR count). The van der Waals surface area contributed by atoms with Gasteiger partial charge in [0, 0.05) is 63.2 Å². The van der Waals surface area contributed by atoms with Crippen molar-refractivity contribution in [2.75, 3.05) is 31.1 Å². The van der Waals surface area contributed by atoms with Crippen molar-refractivity contribution < 1.29 is 9.32 Å². The molecule has 3 heterocycles. The standard InChI is InChI=1S/C17H21ClN4O2/c1-13-12-19-6-5-15(13)21-7-2-8-22(10-9-21)17(23)4-3-14-11-16(18)20-24-14/h5-6,11-12H,2-4,7-10H2,1H3. The van der Waals surface area contributed by atoms with Gasteiger partial charge in [0.2, 0.25) is 5.91 Å². The molecule has 6 nitrogen and oxygen atoms in total. The minimum absolute atomic E-state index is 0.149. The Hall–Kier alpha value is -2.08. The lowest BCUT2D eigenvalue weighted by atomic mass is 10.2. The number of carbonyl (C=O) groups is 1. The molecule has 0 aliphatic carbocycles. The second kappa shape index (κ2) is 7.66. The van der Waals surface area contributed by atoms with Crippen LogP contribution >= 0.6 is 11.6 Å². The Bertz CT molecular complexity index is 703. The van der Waals surface area contributed by atoms with Crippen LogP contribution in [0.2, 0.25) is 5.15 Å². The second-order valence-electron chi connectivity index (χ2n) is 6.00. The number of carbonyl (C=O) groups excluding carboxylic acids is 1. The van der Waals surface area contributed by atoms with Crippen LogP contribution in [0.25, 0.3) is 0 Å². The molecule has 0 saturated carbocycles. The van der Waals surface area contributed by atoms with E-state index in [0.717, 1.165) is 32.6 Å². The average molecular weight is 349 g/mol. The van der Waals surface area contributed by atoms with Crippen LogP contribution in [-0.4, -0.2) is 47.1 Å². The number of aryl methyl sites for hydroxylation is 2. The zero-order chi connectivity index (χ0) is 16.9. The Morgan fingerprint density at radius 2 is 2.21 bits per heavy atom. The van der Waals surface area contributed by atoms with Crippen molar-refractivity contribution in [3.8, 4) is 0 Å². The summed E-state index contributed by atoms with van der Waals surface area (Å²) in [6.45, 7) is 5.38. The number of pyridine rings is 1. The van der Waals surface area contributed by atoms with E-state index in [4.69, 9.17) is 16.1 Å². The molecule has 1 saturated heterocycles. The van der Waals surface area contributed by atoms with Gasteiger partial charge in [0.1, 0.15) is 5.76 Å². The predicted octanol–water partition coefficient (Wildman–Crippen LogP) is 2.70. The minimum Gasteiger partial charge on any atom is -0.369 e. The molecule has 0 atom stereocenters. The van der Waals surface area contributed by atoms with Gasteiger partial charge in [-0.2, -0.15) is 0 Å². The van der Waals surface area contributed by atoms with Crippen molar-refractivity contribution >= 4 is 23.2 Å². The number of hydrogen-bond donors (Lipinski definition) is 0. The maximum Gasteiger partial charge on any atom is 0.223 e. The normalized spacial score (nSPS) is 15.4. The molecule has 1 aliphatic rings. The molecule has 7 heteroatoms. The van der Waals surface area contributed by atoms with E-state index in [1.807, 2.05) is 23.4 Å². The summed E-state index contributed by atoms with van der Waals surface area (Å²) < 4.78 is 5.05. The molecule has 0 radical (unpaired) electrons. The number of anilines is 1. The fourth-order valence-corrected chi connectivity index (χ4v) is 3.18. The molecule has 1 fully saturated rings. The molecule has 0 N–H and O–H groups in total. The van der Waals surface area contributed by atoms with Crippen molar-refractivity contribution in [1.82, 2.24) is 15.0 Å². The molecule has 2 aromatic heterocycles. The van der Waals surface area contributed by atoms with Gasteiger partial charge in [-0.05, 0) is 25.0 Å². The summed E-state index contributed by atoms with van der Waals surface area (Å²) in [4.78, 5) is 20.9. The van der Waals surface area contributed by atoms with Gasteiger partial charge in [-0.1, -0.05) is 16.8 Å². The maximum atomic E-state index is 12.4. The Morgan fingerprint density at radius 3 is 2.96 bits per heavy atom. The zero-order valence-corrected chi connectivity index (χ0v) is 14.5. The highest BCUT2D eigenvalue weighted by Gasteiger charge is 2.20. The SMILES string of the molecule is Cc1cnccc1N1CCCN(C(=O)CCc2cc(Cl)no2)CC1.